The van der Waals surface area contributed by atoms with Crippen molar-refractivity contribution in [1.82, 2.24) is 9.55 Å². The number of halogens is 2. The molecule has 2 heterocycles. The number of hydrogen-bond acceptors (Lipinski definition) is 4. The smallest absolute Gasteiger partial charge is 0.127 e. The molecule has 0 saturated heterocycles. The highest BCUT2D eigenvalue weighted by molar-refractivity contribution is 5.85. The van der Waals surface area contributed by atoms with Gasteiger partial charge in [0.05, 0.1) is 6.33 Å². The molecule has 0 spiro atoms. The lowest BCUT2D eigenvalue weighted by molar-refractivity contribution is 0.103. The van der Waals surface area contributed by atoms with Crippen molar-refractivity contribution in [1.29, 1.82) is 0 Å². The molecular formula is C21H33Cl2N3O2. The normalized spacial score (nSPS) is 17.6. The van der Waals surface area contributed by atoms with Gasteiger partial charge in [-0.1, -0.05) is 13.8 Å². The van der Waals surface area contributed by atoms with Gasteiger partial charge >= 0.3 is 0 Å². The summed E-state index contributed by atoms with van der Waals surface area (Å²) in [7, 11) is 0. The van der Waals surface area contributed by atoms with E-state index in [4.69, 9.17) is 10.5 Å². The number of hydrogen-bond donors (Lipinski definition) is 2. The van der Waals surface area contributed by atoms with Crippen LogP contribution in [0.4, 0.5) is 0 Å². The van der Waals surface area contributed by atoms with E-state index in [2.05, 4.69) is 30.3 Å². The maximum atomic E-state index is 10.9. The van der Waals surface area contributed by atoms with E-state index in [1.165, 1.54) is 5.56 Å². The third-order valence-corrected chi connectivity index (χ3v) is 5.50. The number of aromatic hydroxyl groups is 1. The van der Waals surface area contributed by atoms with Crippen LogP contribution in [-0.4, -0.2) is 26.8 Å². The Morgan fingerprint density at radius 1 is 1.36 bits per heavy atom. The van der Waals surface area contributed by atoms with Gasteiger partial charge in [-0.3, -0.25) is 0 Å². The molecule has 0 saturated carbocycles. The van der Waals surface area contributed by atoms with Crippen molar-refractivity contribution >= 4 is 24.8 Å². The van der Waals surface area contributed by atoms with Crippen LogP contribution in [0.15, 0.2) is 18.7 Å². The molecule has 0 fully saturated rings. The molecule has 0 radical (unpaired) electrons. The molecule has 1 aliphatic rings. The Morgan fingerprint density at radius 2 is 2.07 bits per heavy atom. The largest absolute Gasteiger partial charge is 0.507 e. The van der Waals surface area contributed by atoms with Gasteiger partial charge < -0.3 is 20.1 Å². The minimum Gasteiger partial charge on any atom is -0.507 e. The second-order valence-corrected chi connectivity index (χ2v) is 8.00. The van der Waals surface area contributed by atoms with Gasteiger partial charge in [-0.05, 0) is 51.1 Å². The molecule has 7 heteroatoms. The average Bonchev–Trinajstić information content (AvgIpc) is 3.21. The lowest BCUT2D eigenvalue weighted by Gasteiger charge is -2.24. The number of phenolic OH excluding ortho intramolecular Hbond substituents is 1. The van der Waals surface area contributed by atoms with Gasteiger partial charge in [0.1, 0.15) is 17.1 Å². The first-order valence-corrected chi connectivity index (χ1v) is 9.58. The number of aromatic nitrogens is 2. The number of imidazole rings is 1. The van der Waals surface area contributed by atoms with Crippen molar-refractivity contribution in [3.63, 3.8) is 0 Å². The molecule has 0 aliphatic carbocycles. The van der Waals surface area contributed by atoms with Crippen LogP contribution in [0.25, 0.3) is 0 Å². The van der Waals surface area contributed by atoms with E-state index in [1.807, 2.05) is 19.4 Å². The van der Waals surface area contributed by atoms with Crippen molar-refractivity contribution in [2.24, 2.45) is 5.73 Å². The van der Waals surface area contributed by atoms with Crippen LogP contribution >= 0.6 is 24.8 Å². The molecule has 1 unspecified atom stereocenters. The van der Waals surface area contributed by atoms with Gasteiger partial charge in [-0.15, -0.1) is 24.8 Å². The highest BCUT2D eigenvalue weighted by Crippen LogP contribution is 2.49. The van der Waals surface area contributed by atoms with Gasteiger partial charge in [0.15, 0.2) is 0 Å². The van der Waals surface area contributed by atoms with Crippen LogP contribution in [-0.2, 0) is 19.4 Å². The van der Waals surface area contributed by atoms with Crippen LogP contribution in [0, 0.1) is 6.92 Å². The quantitative estimate of drug-likeness (QED) is 0.677. The standard InChI is InChI=1S/C21H31N3O2.2ClH/c1-14(2)18-17-12-21(4,7-5-8-22)26-20(17)16(15(3)19(18)25)6-10-24-11-9-23-13-24;;/h9,11,13-14,25H,5-8,10,12,22H2,1-4H3;2*1H. The summed E-state index contributed by atoms with van der Waals surface area (Å²) in [6, 6.07) is 0. The number of nitrogens with zero attached hydrogens (tertiary/aromatic N) is 2. The van der Waals surface area contributed by atoms with Crippen LogP contribution in [0.5, 0.6) is 11.5 Å². The van der Waals surface area contributed by atoms with Gasteiger partial charge in [0.25, 0.3) is 0 Å². The molecule has 1 aliphatic heterocycles. The number of nitrogens with two attached hydrogens (primary N) is 1. The lowest BCUT2D eigenvalue weighted by Crippen LogP contribution is -2.31. The van der Waals surface area contributed by atoms with Crippen molar-refractivity contribution in [2.45, 2.75) is 71.4 Å². The van der Waals surface area contributed by atoms with Gasteiger partial charge in [-0.2, -0.15) is 0 Å². The summed E-state index contributed by atoms with van der Waals surface area (Å²) in [5.74, 6) is 1.68. The summed E-state index contributed by atoms with van der Waals surface area (Å²) in [5.41, 5.74) is 9.77. The lowest BCUT2D eigenvalue weighted by atomic mass is 9.85. The Labute approximate surface area is 180 Å². The molecule has 5 nitrogen and oxygen atoms in total. The first kappa shape index (κ1) is 24.6. The fourth-order valence-electron chi connectivity index (χ4n) is 4.12. The van der Waals surface area contributed by atoms with E-state index >= 15 is 0 Å². The molecule has 158 valence electrons. The fraction of sp³-hybridized carbons (Fsp3) is 0.571. The summed E-state index contributed by atoms with van der Waals surface area (Å²) < 4.78 is 8.59. The Hall–Kier alpha value is -1.43. The maximum Gasteiger partial charge on any atom is 0.127 e. The number of fused-ring (bicyclic) bond motifs is 1. The predicted molar refractivity (Wildman–Crippen MR) is 118 cm³/mol. The number of benzene rings is 1. The summed E-state index contributed by atoms with van der Waals surface area (Å²) in [5, 5.41) is 10.9. The fourth-order valence-corrected chi connectivity index (χ4v) is 4.12. The second-order valence-electron chi connectivity index (χ2n) is 8.00. The van der Waals surface area contributed by atoms with Crippen molar-refractivity contribution < 1.29 is 9.84 Å². The Morgan fingerprint density at radius 3 is 2.64 bits per heavy atom. The molecule has 1 aromatic carbocycles. The molecular weight excluding hydrogens is 397 g/mol. The van der Waals surface area contributed by atoms with Crippen molar-refractivity contribution in [2.75, 3.05) is 6.54 Å². The first-order valence-electron chi connectivity index (χ1n) is 9.58. The van der Waals surface area contributed by atoms with Crippen LogP contribution in [0.3, 0.4) is 0 Å². The highest BCUT2D eigenvalue weighted by atomic mass is 35.5. The highest BCUT2D eigenvalue weighted by Gasteiger charge is 2.39. The summed E-state index contributed by atoms with van der Waals surface area (Å²) >= 11 is 0. The van der Waals surface area contributed by atoms with Gasteiger partial charge in [0, 0.05) is 42.0 Å². The van der Waals surface area contributed by atoms with E-state index in [-0.39, 0.29) is 36.3 Å². The zero-order valence-corrected chi connectivity index (χ0v) is 18.8. The molecule has 1 aromatic heterocycles. The predicted octanol–water partition coefficient (Wildman–Crippen LogP) is 4.54. The number of ether oxygens (including phenoxy) is 1. The average molecular weight is 430 g/mol. The Balaban J connectivity index is 0.00000196. The van der Waals surface area contributed by atoms with E-state index in [0.29, 0.717) is 12.3 Å². The first-order chi connectivity index (χ1) is 12.4. The summed E-state index contributed by atoms with van der Waals surface area (Å²) in [6.45, 7) is 9.92. The van der Waals surface area contributed by atoms with Crippen molar-refractivity contribution in [3.05, 3.63) is 41.0 Å². The Bertz CT molecular complexity index is 779. The van der Waals surface area contributed by atoms with Crippen LogP contribution < -0.4 is 10.5 Å². The topological polar surface area (TPSA) is 73.3 Å². The van der Waals surface area contributed by atoms with Gasteiger partial charge in [-0.25, -0.2) is 4.98 Å². The van der Waals surface area contributed by atoms with E-state index in [0.717, 1.165) is 54.7 Å². The number of aryl methyl sites for hydroxylation is 1. The Kier molecular flexibility index (Phi) is 8.66. The monoisotopic (exact) mass is 429 g/mol. The molecule has 0 bridgehead atoms. The minimum atomic E-state index is -0.241. The van der Waals surface area contributed by atoms with E-state index in [9.17, 15) is 5.11 Å². The van der Waals surface area contributed by atoms with Crippen molar-refractivity contribution in [3.8, 4) is 11.5 Å². The van der Waals surface area contributed by atoms with Gasteiger partial charge in [0.2, 0.25) is 0 Å². The van der Waals surface area contributed by atoms with E-state index in [1.54, 1.807) is 6.20 Å². The number of rotatable bonds is 7. The molecule has 3 rings (SSSR count). The molecule has 0 amide bonds. The SMILES string of the molecule is Cc1c(O)c(C(C)C)c2c(c1CCn1ccnc1)OC(C)(CCCN)C2.Cl.Cl. The minimum absolute atomic E-state index is 0. The summed E-state index contributed by atoms with van der Waals surface area (Å²) in [4.78, 5) is 4.11. The van der Waals surface area contributed by atoms with Crippen LogP contribution in [0.2, 0.25) is 0 Å². The third-order valence-electron chi connectivity index (χ3n) is 5.50. The zero-order chi connectivity index (χ0) is 18.9. The summed E-state index contributed by atoms with van der Waals surface area (Å²) in [6.07, 6.45) is 9.09. The van der Waals surface area contributed by atoms with E-state index < -0.39 is 0 Å². The molecule has 1 atom stereocenters. The molecule has 28 heavy (non-hydrogen) atoms. The zero-order valence-electron chi connectivity index (χ0n) is 17.2. The molecule has 2 aromatic rings. The second kappa shape index (κ2) is 9.86. The maximum absolute atomic E-state index is 10.9. The molecule has 3 N–H and O–H groups in total. The number of phenols is 1. The third kappa shape index (κ3) is 4.76. The van der Waals surface area contributed by atoms with Crippen LogP contribution in [0.1, 0.15) is 61.8 Å².